The van der Waals surface area contributed by atoms with Crippen LogP contribution in [-0.4, -0.2) is 39.0 Å². The van der Waals surface area contributed by atoms with Gasteiger partial charge in [0.15, 0.2) is 0 Å². The number of hydrogen-bond acceptors (Lipinski definition) is 3. The van der Waals surface area contributed by atoms with E-state index < -0.39 is 0 Å². The normalized spacial score (nSPS) is 28.2. The van der Waals surface area contributed by atoms with Gasteiger partial charge in [0.25, 0.3) is 0 Å². The van der Waals surface area contributed by atoms with Crippen LogP contribution in [-0.2, 0) is 9.47 Å². The van der Waals surface area contributed by atoms with Crippen LogP contribution in [0.25, 0.3) is 0 Å². The predicted molar refractivity (Wildman–Crippen MR) is 73.8 cm³/mol. The van der Waals surface area contributed by atoms with E-state index in [1.54, 1.807) is 0 Å². The fraction of sp³-hybridized carbons (Fsp3) is 1.00. The summed E-state index contributed by atoms with van der Waals surface area (Å²) in [6, 6.07) is 0.536. The van der Waals surface area contributed by atoms with Gasteiger partial charge in [-0.05, 0) is 45.1 Å². The molecule has 2 atom stereocenters. The molecule has 2 rings (SSSR count). The third-order valence-corrected chi connectivity index (χ3v) is 4.46. The van der Waals surface area contributed by atoms with Gasteiger partial charge in [0, 0.05) is 12.6 Å². The maximum absolute atomic E-state index is 5.89. The highest BCUT2D eigenvalue weighted by Crippen LogP contribution is 2.26. The second kappa shape index (κ2) is 8.13. The molecule has 18 heavy (non-hydrogen) atoms. The van der Waals surface area contributed by atoms with Gasteiger partial charge in [-0.2, -0.15) is 0 Å². The largest absolute Gasteiger partial charge is 0.377 e. The maximum Gasteiger partial charge on any atom is 0.0808 e. The van der Waals surface area contributed by atoms with E-state index in [1.807, 2.05) is 0 Å². The van der Waals surface area contributed by atoms with Gasteiger partial charge in [0.2, 0.25) is 0 Å². The number of nitrogens with one attached hydrogen (secondary N) is 1. The lowest BCUT2D eigenvalue weighted by molar-refractivity contribution is -0.0470. The molecule has 1 aliphatic heterocycles. The fourth-order valence-corrected chi connectivity index (χ4v) is 3.26. The smallest absolute Gasteiger partial charge is 0.0808 e. The minimum atomic E-state index is 0.350. The predicted octanol–water partition coefficient (Wildman–Crippen LogP) is 2.74. The number of likely N-dealkylation sites (N-methyl/N-ethyl adjacent to an activating group) is 1. The third-order valence-electron chi connectivity index (χ3n) is 4.46. The van der Waals surface area contributed by atoms with Crippen molar-refractivity contribution in [3.63, 3.8) is 0 Å². The quantitative estimate of drug-likeness (QED) is 0.791. The van der Waals surface area contributed by atoms with Crippen LogP contribution < -0.4 is 5.32 Å². The average molecular weight is 255 g/mol. The molecule has 0 aromatic heterocycles. The molecule has 1 aliphatic carbocycles. The highest BCUT2D eigenvalue weighted by molar-refractivity contribution is 4.78. The summed E-state index contributed by atoms with van der Waals surface area (Å²) >= 11 is 0. The SMILES string of the molecule is CNC(COCC1CCCCO1)C1CCCCC1. The molecule has 3 heteroatoms. The van der Waals surface area contributed by atoms with Crippen LogP contribution in [0.2, 0.25) is 0 Å². The minimum absolute atomic E-state index is 0.350. The second-order valence-electron chi connectivity index (χ2n) is 5.82. The molecule has 0 aromatic carbocycles. The molecule has 2 unspecified atom stereocenters. The Balaban J connectivity index is 1.63. The lowest BCUT2D eigenvalue weighted by atomic mass is 9.84. The molecule has 0 bridgehead atoms. The summed E-state index contributed by atoms with van der Waals surface area (Å²) in [4.78, 5) is 0. The summed E-state index contributed by atoms with van der Waals surface area (Å²) in [5.41, 5.74) is 0. The van der Waals surface area contributed by atoms with Gasteiger partial charge in [0.05, 0.1) is 19.3 Å². The number of ether oxygens (including phenoxy) is 2. The zero-order valence-electron chi connectivity index (χ0n) is 11.8. The maximum atomic E-state index is 5.89. The molecule has 0 spiro atoms. The van der Waals surface area contributed by atoms with Gasteiger partial charge in [-0.25, -0.2) is 0 Å². The van der Waals surface area contributed by atoms with Gasteiger partial charge in [-0.3, -0.25) is 0 Å². The summed E-state index contributed by atoms with van der Waals surface area (Å²) in [6.07, 6.45) is 11.0. The van der Waals surface area contributed by atoms with Gasteiger partial charge in [0.1, 0.15) is 0 Å². The topological polar surface area (TPSA) is 30.5 Å². The average Bonchev–Trinajstić information content (AvgIpc) is 2.46. The first-order chi connectivity index (χ1) is 8.90. The van der Waals surface area contributed by atoms with Crippen molar-refractivity contribution in [2.24, 2.45) is 5.92 Å². The van der Waals surface area contributed by atoms with Crippen LogP contribution in [0.1, 0.15) is 51.4 Å². The molecule has 3 nitrogen and oxygen atoms in total. The first-order valence-electron chi connectivity index (χ1n) is 7.76. The Bertz CT molecular complexity index is 211. The molecule has 0 radical (unpaired) electrons. The monoisotopic (exact) mass is 255 g/mol. The number of hydrogen-bond donors (Lipinski definition) is 1. The van der Waals surface area contributed by atoms with Crippen molar-refractivity contribution in [2.75, 3.05) is 26.9 Å². The van der Waals surface area contributed by atoms with E-state index in [4.69, 9.17) is 9.47 Å². The van der Waals surface area contributed by atoms with Gasteiger partial charge >= 0.3 is 0 Å². The Hall–Kier alpha value is -0.120. The Labute approximate surface area is 112 Å². The van der Waals surface area contributed by atoms with E-state index in [0.717, 1.165) is 25.7 Å². The fourth-order valence-electron chi connectivity index (χ4n) is 3.26. The molecule has 1 saturated carbocycles. The van der Waals surface area contributed by atoms with Gasteiger partial charge < -0.3 is 14.8 Å². The van der Waals surface area contributed by atoms with E-state index in [9.17, 15) is 0 Å². The van der Waals surface area contributed by atoms with Crippen molar-refractivity contribution < 1.29 is 9.47 Å². The van der Waals surface area contributed by atoms with E-state index in [0.29, 0.717) is 12.1 Å². The minimum Gasteiger partial charge on any atom is -0.377 e. The highest BCUT2D eigenvalue weighted by Gasteiger charge is 2.23. The van der Waals surface area contributed by atoms with Crippen LogP contribution in [0, 0.1) is 5.92 Å². The lowest BCUT2D eigenvalue weighted by Gasteiger charge is -2.30. The van der Waals surface area contributed by atoms with Crippen LogP contribution >= 0.6 is 0 Å². The van der Waals surface area contributed by atoms with E-state index >= 15 is 0 Å². The standard InChI is InChI=1S/C15H29NO2/c1-16-15(13-7-3-2-4-8-13)12-17-11-14-9-5-6-10-18-14/h13-16H,2-12H2,1H3. The van der Waals surface area contributed by atoms with Crippen LogP contribution in [0.4, 0.5) is 0 Å². The molecule has 0 aromatic rings. The zero-order valence-corrected chi connectivity index (χ0v) is 11.8. The Morgan fingerprint density at radius 2 is 1.89 bits per heavy atom. The van der Waals surface area contributed by atoms with Crippen molar-refractivity contribution in [3.05, 3.63) is 0 Å². The lowest BCUT2D eigenvalue weighted by Crippen LogP contribution is -2.39. The van der Waals surface area contributed by atoms with Crippen molar-refractivity contribution in [1.29, 1.82) is 0 Å². The van der Waals surface area contributed by atoms with Crippen molar-refractivity contribution >= 4 is 0 Å². The van der Waals surface area contributed by atoms with Crippen LogP contribution in [0.5, 0.6) is 0 Å². The summed E-state index contributed by atoms with van der Waals surface area (Å²) in [7, 11) is 2.07. The number of rotatable bonds is 6. The van der Waals surface area contributed by atoms with Crippen molar-refractivity contribution in [2.45, 2.75) is 63.5 Å². The molecular formula is C15H29NO2. The van der Waals surface area contributed by atoms with E-state index in [1.165, 1.54) is 51.4 Å². The third kappa shape index (κ3) is 4.52. The van der Waals surface area contributed by atoms with E-state index in [-0.39, 0.29) is 0 Å². The Kier molecular flexibility index (Phi) is 6.46. The van der Waals surface area contributed by atoms with E-state index in [2.05, 4.69) is 12.4 Å². The molecule has 1 saturated heterocycles. The summed E-state index contributed by atoms with van der Waals surface area (Å²) in [6.45, 7) is 2.55. The summed E-state index contributed by atoms with van der Waals surface area (Å²) < 4.78 is 11.6. The van der Waals surface area contributed by atoms with Gasteiger partial charge in [-0.1, -0.05) is 19.3 Å². The molecule has 0 amide bonds. The molecule has 2 fully saturated rings. The van der Waals surface area contributed by atoms with Crippen molar-refractivity contribution in [1.82, 2.24) is 5.32 Å². The second-order valence-corrected chi connectivity index (χ2v) is 5.82. The first kappa shape index (κ1) is 14.3. The molecule has 1 N–H and O–H groups in total. The molecular weight excluding hydrogens is 226 g/mol. The molecule has 2 aliphatic rings. The first-order valence-corrected chi connectivity index (χ1v) is 7.76. The Morgan fingerprint density at radius 3 is 2.56 bits per heavy atom. The van der Waals surface area contributed by atoms with Crippen molar-refractivity contribution in [3.8, 4) is 0 Å². The molecule has 106 valence electrons. The zero-order chi connectivity index (χ0) is 12.6. The van der Waals surface area contributed by atoms with Crippen LogP contribution in [0.3, 0.4) is 0 Å². The van der Waals surface area contributed by atoms with Gasteiger partial charge in [-0.15, -0.1) is 0 Å². The van der Waals surface area contributed by atoms with Crippen LogP contribution in [0.15, 0.2) is 0 Å². The Morgan fingerprint density at radius 1 is 1.11 bits per heavy atom. The summed E-state index contributed by atoms with van der Waals surface area (Å²) in [5, 5.41) is 3.44. The highest BCUT2D eigenvalue weighted by atomic mass is 16.5. The molecule has 1 heterocycles. The summed E-state index contributed by atoms with van der Waals surface area (Å²) in [5.74, 6) is 0.816.